The number of aryl methyl sites for hydroxylation is 1. The van der Waals surface area contributed by atoms with Crippen LogP contribution in [0.15, 0.2) is 0 Å². The molecule has 2 aliphatic heterocycles. The molecule has 1 aliphatic carbocycles. The molecule has 1 amide bonds. The van der Waals surface area contributed by atoms with Gasteiger partial charge in [-0.1, -0.05) is 0 Å². The Bertz CT molecular complexity index is 630. The van der Waals surface area contributed by atoms with Crippen LogP contribution in [0.3, 0.4) is 0 Å². The Morgan fingerprint density at radius 3 is 2.46 bits per heavy atom. The van der Waals surface area contributed by atoms with E-state index in [4.69, 9.17) is 9.72 Å². The second-order valence-electron chi connectivity index (χ2n) is 7.20. The number of nitrogens with zero attached hydrogens (tertiary/aromatic N) is 4. The van der Waals surface area contributed by atoms with Gasteiger partial charge < -0.3 is 14.5 Å². The summed E-state index contributed by atoms with van der Waals surface area (Å²) in [6, 6.07) is 0. The quantitative estimate of drug-likeness (QED) is 0.846. The normalized spacial score (nSPS) is 24.5. The van der Waals surface area contributed by atoms with E-state index in [1.807, 2.05) is 4.90 Å². The van der Waals surface area contributed by atoms with Gasteiger partial charge in [-0.25, -0.2) is 9.97 Å². The predicted molar refractivity (Wildman–Crippen MR) is 91.2 cm³/mol. The van der Waals surface area contributed by atoms with Crippen LogP contribution in [0.5, 0.6) is 0 Å². The van der Waals surface area contributed by atoms with Crippen molar-refractivity contribution in [3.63, 3.8) is 0 Å². The minimum atomic E-state index is -0.207. The van der Waals surface area contributed by atoms with E-state index >= 15 is 0 Å². The maximum atomic E-state index is 12.5. The van der Waals surface area contributed by atoms with Crippen LogP contribution in [0.4, 0.5) is 5.82 Å². The lowest BCUT2D eigenvalue weighted by Gasteiger charge is -2.37. The van der Waals surface area contributed by atoms with E-state index in [-0.39, 0.29) is 12.0 Å². The summed E-state index contributed by atoms with van der Waals surface area (Å²) < 4.78 is 5.54. The lowest BCUT2D eigenvalue weighted by molar-refractivity contribution is -0.141. The van der Waals surface area contributed by atoms with Gasteiger partial charge in [0.05, 0.1) is 0 Å². The summed E-state index contributed by atoms with van der Waals surface area (Å²) in [6.07, 6.45) is 4.09. The van der Waals surface area contributed by atoms with Crippen molar-refractivity contribution < 1.29 is 9.53 Å². The van der Waals surface area contributed by atoms with Gasteiger partial charge >= 0.3 is 0 Å². The zero-order valence-corrected chi connectivity index (χ0v) is 14.6. The van der Waals surface area contributed by atoms with Crippen molar-refractivity contribution in [1.82, 2.24) is 14.9 Å². The Hall–Kier alpha value is -1.69. The minimum absolute atomic E-state index is 0.168. The fourth-order valence-corrected chi connectivity index (χ4v) is 3.58. The monoisotopic (exact) mass is 330 g/mol. The molecule has 0 spiro atoms. The van der Waals surface area contributed by atoms with Gasteiger partial charge in [-0.3, -0.25) is 4.79 Å². The molecule has 1 aromatic heterocycles. The number of rotatable bonds is 3. The molecule has 0 bridgehead atoms. The number of hydrogen-bond donors (Lipinski definition) is 0. The molecule has 1 atom stereocenters. The highest BCUT2D eigenvalue weighted by atomic mass is 16.5. The van der Waals surface area contributed by atoms with E-state index in [2.05, 4.69) is 23.7 Å². The third-order valence-corrected chi connectivity index (χ3v) is 5.42. The van der Waals surface area contributed by atoms with Crippen LogP contribution in [0.1, 0.15) is 48.7 Å². The Morgan fingerprint density at radius 1 is 1.08 bits per heavy atom. The first-order valence-corrected chi connectivity index (χ1v) is 9.14. The summed E-state index contributed by atoms with van der Waals surface area (Å²) in [4.78, 5) is 26.3. The molecule has 0 aromatic carbocycles. The fraction of sp³-hybridized carbons (Fsp3) is 0.722. The van der Waals surface area contributed by atoms with Gasteiger partial charge in [0.15, 0.2) is 0 Å². The van der Waals surface area contributed by atoms with Crippen LogP contribution in [0.2, 0.25) is 0 Å². The first-order chi connectivity index (χ1) is 11.6. The second kappa shape index (κ2) is 6.31. The van der Waals surface area contributed by atoms with E-state index in [1.54, 1.807) is 0 Å². The van der Waals surface area contributed by atoms with Gasteiger partial charge in [0.2, 0.25) is 0 Å². The summed E-state index contributed by atoms with van der Waals surface area (Å²) in [5.74, 6) is 2.80. The third kappa shape index (κ3) is 2.99. The first-order valence-electron chi connectivity index (χ1n) is 9.14. The van der Waals surface area contributed by atoms with Gasteiger partial charge in [0.1, 0.15) is 17.7 Å². The van der Waals surface area contributed by atoms with Gasteiger partial charge in [-0.2, -0.15) is 0 Å². The van der Waals surface area contributed by atoms with Crippen LogP contribution in [-0.2, 0) is 9.53 Å². The zero-order valence-electron chi connectivity index (χ0n) is 14.6. The molecule has 0 N–H and O–H groups in total. The molecule has 6 heteroatoms. The van der Waals surface area contributed by atoms with Gasteiger partial charge in [-0.05, 0) is 39.5 Å². The molecule has 2 saturated heterocycles. The maximum absolute atomic E-state index is 12.5. The molecule has 0 radical (unpaired) electrons. The Kier molecular flexibility index (Phi) is 4.16. The molecule has 3 heterocycles. The molecule has 1 aromatic rings. The van der Waals surface area contributed by atoms with Crippen molar-refractivity contribution in [3.8, 4) is 0 Å². The molecule has 3 fully saturated rings. The molecule has 24 heavy (non-hydrogen) atoms. The first kappa shape index (κ1) is 15.8. The molecule has 1 saturated carbocycles. The van der Waals surface area contributed by atoms with Crippen LogP contribution in [0.25, 0.3) is 0 Å². The lowest BCUT2D eigenvalue weighted by atomic mass is 10.1. The largest absolute Gasteiger partial charge is 0.368 e. The van der Waals surface area contributed by atoms with Crippen LogP contribution >= 0.6 is 0 Å². The van der Waals surface area contributed by atoms with E-state index < -0.39 is 0 Å². The van der Waals surface area contributed by atoms with E-state index in [0.717, 1.165) is 63.0 Å². The summed E-state index contributed by atoms with van der Waals surface area (Å²) in [5, 5.41) is 0. The number of piperazine rings is 1. The highest BCUT2D eigenvalue weighted by molar-refractivity contribution is 5.81. The topological polar surface area (TPSA) is 58.6 Å². The average molecular weight is 330 g/mol. The van der Waals surface area contributed by atoms with Crippen molar-refractivity contribution in [2.24, 2.45) is 0 Å². The van der Waals surface area contributed by atoms with E-state index in [0.29, 0.717) is 5.92 Å². The van der Waals surface area contributed by atoms with Gasteiger partial charge in [0, 0.05) is 50.0 Å². The Labute approximate surface area is 143 Å². The molecule has 3 aliphatic rings. The Balaban J connectivity index is 1.45. The van der Waals surface area contributed by atoms with Crippen molar-refractivity contribution in [2.45, 2.75) is 51.6 Å². The van der Waals surface area contributed by atoms with E-state index in [1.165, 1.54) is 18.4 Å². The van der Waals surface area contributed by atoms with Gasteiger partial charge in [0.25, 0.3) is 5.91 Å². The highest BCUT2D eigenvalue weighted by Gasteiger charge is 2.32. The fourth-order valence-electron chi connectivity index (χ4n) is 3.58. The highest BCUT2D eigenvalue weighted by Crippen LogP contribution is 2.39. The number of carbonyl (C=O) groups excluding carboxylic acids is 1. The SMILES string of the molecule is Cc1nc(C2CC2)nc(N2CCN(C(=O)C3CCCO3)CC2)c1C. The van der Waals surface area contributed by atoms with Crippen LogP contribution < -0.4 is 4.90 Å². The number of hydrogen-bond acceptors (Lipinski definition) is 5. The second-order valence-corrected chi connectivity index (χ2v) is 7.20. The van der Waals surface area contributed by atoms with Gasteiger partial charge in [-0.15, -0.1) is 0 Å². The van der Waals surface area contributed by atoms with E-state index in [9.17, 15) is 4.79 Å². The maximum Gasteiger partial charge on any atom is 0.251 e. The van der Waals surface area contributed by atoms with Crippen LogP contribution in [-0.4, -0.2) is 59.7 Å². The third-order valence-electron chi connectivity index (χ3n) is 5.42. The Morgan fingerprint density at radius 2 is 1.83 bits per heavy atom. The number of amides is 1. The standard InChI is InChI=1S/C18H26N4O2/c1-12-13(2)19-16(14-5-6-14)20-17(12)21-7-9-22(10-8-21)18(23)15-4-3-11-24-15/h14-15H,3-11H2,1-2H3. The van der Waals surface area contributed by atoms with Crippen molar-refractivity contribution in [1.29, 1.82) is 0 Å². The number of anilines is 1. The predicted octanol–water partition coefficient (Wildman–Crippen LogP) is 1.80. The number of ether oxygens (including phenoxy) is 1. The van der Waals surface area contributed by atoms with Crippen molar-refractivity contribution in [2.75, 3.05) is 37.7 Å². The lowest BCUT2D eigenvalue weighted by Crippen LogP contribution is -2.51. The molecular weight excluding hydrogens is 304 g/mol. The summed E-state index contributed by atoms with van der Waals surface area (Å²) in [6.45, 7) is 8.06. The molecule has 1 unspecified atom stereocenters. The molecular formula is C18H26N4O2. The molecule has 6 nitrogen and oxygen atoms in total. The molecule has 4 rings (SSSR count). The summed E-state index contributed by atoms with van der Waals surface area (Å²) in [7, 11) is 0. The minimum Gasteiger partial charge on any atom is -0.368 e. The number of aromatic nitrogens is 2. The number of carbonyl (C=O) groups is 1. The van der Waals surface area contributed by atoms with Crippen LogP contribution in [0, 0.1) is 13.8 Å². The zero-order chi connectivity index (χ0) is 16.7. The average Bonchev–Trinajstić information content (AvgIpc) is 3.31. The van der Waals surface area contributed by atoms with Crippen molar-refractivity contribution >= 4 is 11.7 Å². The summed E-state index contributed by atoms with van der Waals surface area (Å²) in [5.41, 5.74) is 2.25. The van der Waals surface area contributed by atoms with Crippen molar-refractivity contribution in [3.05, 3.63) is 17.1 Å². The smallest absolute Gasteiger partial charge is 0.251 e. The summed E-state index contributed by atoms with van der Waals surface area (Å²) >= 11 is 0. The molecule has 130 valence electrons.